The van der Waals surface area contributed by atoms with E-state index in [0.717, 1.165) is 101 Å². The van der Waals surface area contributed by atoms with Gasteiger partial charge < -0.3 is 19.3 Å². The Kier molecular flexibility index (Phi) is 16.6. The lowest BCUT2D eigenvalue weighted by molar-refractivity contribution is -0.261. The SMILES string of the molecule is CC(=O)O[C@@H]1CC[C@@]2(C)[C@@H](CC[C@]3(C)[C@@H]2CCC2[C@@H]4[C@@H](C)[C@H](C)CC[C@]4(C)CC[C@]23C)[C@@]1(C)C(=O)OCCOC(=O)/C(C)=C/CC/C(C)=C/CC/C(C)=C/CC[C@@H]1[C@@]2(C)CCC(=O)C(C)(C)[C@@H]2CC[C@@]1(C)O. The van der Waals surface area contributed by atoms with Gasteiger partial charge in [-0.15, -0.1) is 0 Å². The Morgan fingerprint density at radius 1 is 0.639 bits per heavy atom. The summed E-state index contributed by atoms with van der Waals surface area (Å²) in [5.41, 5.74) is 1.86. The van der Waals surface area contributed by atoms with Crippen LogP contribution in [0, 0.1) is 85.2 Å². The molecule has 7 aliphatic carbocycles. The molecule has 0 heterocycles. The van der Waals surface area contributed by atoms with Gasteiger partial charge in [-0.2, -0.15) is 0 Å². The van der Waals surface area contributed by atoms with E-state index in [1.165, 1.54) is 56.6 Å². The predicted molar refractivity (Wildman–Crippen MR) is 288 cm³/mol. The average molecular weight is 1000 g/mol. The van der Waals surface area contributed by atoms with Crippen molar-refractivity contribution in [2.75, 3.05) is 13.2 Å². The van der Waals surface area contributed by atoms with Gasteiger partial charge in [0, 0.05) is 24.3 Å². The summed E-state index contributed by atoms with van der Waals surface area (Å²) in [4.78, 5) is 53.2. The van der Waals surface area contributed by atoms with Crippen molar-refractivity contribution in [3.8, 4) is 0 Å². The fourth-order valence-corrected chi connectivity index (χ4v) is 19.4. The molecule has 0 radical (unpaired) electrons. The van der Waals surface area contributed by atoms with Crippen LogP contribution in [0.1, 0.15) is 232 Å². The van der Waals surface area contributed by atoms with Crippen molar-refractivity contribution in [3.05, 3.63) is 34.9 Å². The number of hydrogen-bond acceptors (Lipinski definition) is 8. The number of carbonyl (C=O) groups is 4. The highest BCUT2D eigenvalue weighted by atomic mass is 16.6. The van der Waals surface area contributed by atoms with Gasteiger partial charge in [-0.3, -0.25) is 14.4 Å². The van der Waals surface area contributed by atoms with Crippen LogP contribution in [0.2, 0.25) is 0 Å². The van der Waals surface area contributed by atoms with Crippen molar-refractivity contribution in [3.63, 3.8) is 0 Å². The third kappa shape index (κ3) is 10.1. The molecule has 7 fully saturated rings. The van der Waals surface area contributed by atoms with Gasteiger partial charge >= 0.3 is 17.9 Å². The average Bonchev–Trinajstić information content (AvgIpc) is 3.30. The molecular weight excluding hydrogens is 897 g/mol. The zero-order valence-electron chi connectivity index (χ0n) is 48.3. The summed E-state index contributed by atoms with van der Waals surface area (Å²) in [6.07, 6.45) is 25.9. The lowest BCUT2D eigenvalue weighted by Gasteiger charge is -2.73. The van der Waals surface area contributed by atoms with E-state index >= 15 is 0 Å². The molecule has 0 aromatic rings. The molecule has 8 nitrogen and oxygen atoms in total. The molecule has 1 unspecified atom stereocenters. The maximum absolute atomic E-state index is 14.6. The minimum absolute atomic E-state index is 0.00904. The molecule has 0 aromatic heterocycles. The molecule has 0 bridgehead atoms. The van der Waals surface area contributed by atoms with Gasteiger partial charge in [0.15, 0.2) is 0 Å². The fourth-order valence-electron chi connectivity index (χ4n) is 19.4. The summed E-state index contributed by atoms with van der Waals surface area (Å²) >= 11 is 0. The Bertz CT molecular complexity index is 2130. The quantitative estimate of drug-likeness (QED) is 0.0567. The van der Waals surface area contributed by atoms with Crippen LogP contribution in [-0.2, 0) is 33.4 Å². The number of rotatable bonds is 15. The summed E-state index contributed by atoms with van der Waals surface area (Å²) < 4.78 is 17.8. The number of fused-ring (bicyclic) bond motifs is 8. The van der Waals surface area contributed by atoms with E-state index in [4.69, 9.17) is 14.2 Å². The van der Waals surface area contributed by atoms with Gasteiger partial charge in [0.05, 0.1) is 5.60 Å². The molecule has 406 valence electrons. The summed E-state index contributed by atoms with van der Waals surface area (Å²) in [6, 6.07) is 0. The molecule has 1 N–H and O–H groups in total. The van der Waals surface area contributed by atoms with Crippen molar-refractivity contribution in [1.29, 1.82) is 0 Å². The van der Waals surface area contributed by atoms with Crippen LogP contribution in [0.4, 0.5) is 0 Å². The van der Waals surface area contributed by atoms with Gasteiger partial charge in [0.25, 0.3) is 0 Å². The zero-order chi connectivity index (χ0) is 53.0. The normalized spacial score (nSPS) is 44.0. The molecule has 0 saturated heterocycles. The van der Waals surface area contributed by atoms with Crippen LogP contribution < -0.4 is 0 Å². The second kappa shape index (κ2) is 21.0. The lowest BCUT2D eigenvalue weighted by Crippen LogP contribution is -2.68. The highest BCUT2D eigenvalue weighted by Gasteiger charge is 2.72. The Balaban J connectivity index is 0.884. The summed E-state index contributed by atoms with van der Waals surface area (Å²) in [6.45, 7) is 33.6. The Hall–Kier alpha value is -2.74. The number of esters is 3. The second-order valence-corrected chi connectivity index (χ2v) is 28.2. The largest absolute Gasteiger partial charge is 0.462 e. The molecule has 7 aliphatic rings. The Morgan fingerprint density at radius 3 is 1.96 bits per heavy atom. The maximum atomic E-state index is 14.6. The monoisotopic (exact) mass is 999 g/mol. The van der Waals surface area contributed by atoms with E-state index < -0.39 is 23.1 Å². The van der Waals surface area contributed by atoms with E-state index in [9.17, 15) is 24.3 Å². The van der Waals surface area contributed by atoms with E-state index in [1.807, 2.05) is 19.9 Å². The van der Waals surface area contributed by atoms with Gasteiger partial charge in [0.1, 0.15) is 30.5 Å². The Morgan fingerprint density at radius 2 is 1.28 bits per heavy atom. The summed E-state index contributed by atoms with van der Waals surface area (Å²) in [5.74, 6) is 3.24. The molecule has 0 aliphatic heterocycles. The topological polar surface area (TPSA) is 116 Å². The molecule has 8 heteroatoms. The number of hydrogen-bond donors (Lipinski definition) is 1. The van der Waals surface area contributed by atoms with E-state index in [-0.39, 0.29) is 64.1 Å². The third-order valence-electron chi connectivity index (χ3n) is 24.0. The first-order valence-corrected chi connectivity index (χ1v) is 29.3. The molecule has 0 amide bonds. The van der Waals surface area contributed by atoms with Crippen molar-refractivity contribution in [2.45, 2.75) is 244 Å². The molecular formula is C64H102O8. The molecule has 72 heavy (non-hydrogen) atoms. The highest BCUT2D eigenvalue weighted by molar-refractivity contribution is 5.87. The van der Waals surface area contributed by atoms with Crippen LogP contribution in [0.3, 0.4) is 0 Å². The van der Waals surface area contributed by atoms with Gasteiger partial charge in [-0.1, -0.05) is 91.7 Å². The van der Waals surface area contributed by atoms with Crippen LogP contribution in [0.15, 0.2) is 34.9 Å². The first kappa shape index (κ1) is 57.0. The minimum Gasteiger partial charge on any atom is -0.462 e. The molecule has 0 aromatic carbocycles. The van der Waals surface area contributed by atoms with Crippen LogP contribution in [0.25, 0.3) is 0 Å². The second-order valence-electron chi connectivity index (χ2n) is 28.2. The zero-order valence-corrected chi connectivity index (χ0v) is 48.3. The van der Waals surface area contributed by atoms with Crippen molar-refractivity contribution in [1.82, 2.24) is 0 Å². The first-order valence-electron chi connectivity index (χ1n) is 29.3. The minimum atomic E-state index is -1.01. The van der Waals surface area contributed by atoms with Crippen LogP contribution >= 0.6 is 0 Å². The molecule has 7 saturated carbocycles. The number of ether oxygens (including phenoxy) is 3. The van der Waals surface area contributed by atoms with Crippen LogP contribution in [0.5, 0.6) is 0 Å². The number of carbonyl (C=O) groups excluding carboxylic acids is 4. The maximum Gasteiger partial charge on any atom is 0.333 e. The summed E-state index contributed by atoms with van der Waals surface area (Å²) in [5, 5.41) is 11.6. The van der Waals surface area contributed by atoms with E-state index in [2.05, 4.69) is 88.3 Å². The van der Waals surface area contributed by atoms with Gasteiger partial charge in [-0.25, -0.2) is 4.79 Å². The highest BCUT2D eigenvalue weighted by Crippen LogP contribution is 2.77. The first-order chi connectivity index (χ1) is 33.5. The summed E-state index contributed by atoms with van der Waals surface area (Å²) in [7, 11) is 0. The number of allylic oxidation sites excluding steroid dienone is 5. The van der Waals surface area contributed by atoms with E-state index in [0.29, 0.717) is 41.4 Å². The predicted octanol–water partition coefficient (Wildman–Crippen LogP) is 15.1. The Labute approximate surface area is 437 Å². The third-order valence-corrected chi connectivity index (χ3v) is 24.0. The van der Waals surface area contributed by atoms with Crippen molar-refractivity contribution in [2.24, 2.45) is 85.2 Å². The number of aliphatic hydroxyl groups is 1. The van der Waals surface area contributed by atoms with Crippen LogP contribution in [-0.4, -0.2) is 53.7 Å². The van der Waals surface area contributed by atoms with Gasteiger partial charge in [-0.05, 0) is 231 Å². The van der Waals surface area contributed by atoms with Gasteiger partial charge in [0.2, 0.25) is 0 Å². The standard InChI is InChI=1S/C64H102O8/c1-41(19-16-20-42(2)22-18-24-50-59(10)33-30-52(66)57(7,8)48(59)29-36-63(50,14)69)21-17-23-44(4)55(67)70-39-40-71-56(68)64(15)51-28-35-62(13)49(60(51,11)34-31-53(64)72-46(6)65)26-25-47-54-45(5)43(3)27-32-58(54,9)37-38-61(47,62)12/h19,22-23,43,45,47-51,53-54,69H,16-18,20-21,24-40H2,1-15H3/b41-19+,42-22+,44-23+/t43-,45+,47?,48+,49-,50-,51-,53-,54+,58-,59+,60-,61-,62-,63-,64-/m1/s1. The van der Waals surface area contributed by atoms with Crippen molar-refractivity contribution < 1.29 is 38.5 Å². The molecule has 7 rings (SSSR count). The van der Waals surface area contributed by atoms with E-state index in [1.54, 1.807) is 6.92 Å². The lowest BCUT2D eigenvalue weighted by atomic mass is 9.31. The smallest absolute Gasteiger partial charge is 0.333 e. The number of ketones is 1. The molecule has 0 spiro atoms. The fraction of sp³-hybridized carbons (Fsp3) is 0.844. The van der Waals surface area contributed by atoms with Crippen molar-refractivity contribution >= 4 is 23.7 Å². The molecule has 16 atom stereocenters. The number of Topliss-reactive ketones (excluding diaryl/α,β-unsaturated/α-hetero) is 1.